The molecule has 6 heteroatoms. The van der Waals surface area contributed by atoms with E-state index in [1.165, 1.54) is 12.1 Å². The normalized spacial score (nSPS) is 24.9. The van der Waals surface area contributed by atoms with Crippen LogP contribution in [0.15, 0.2) is 24.3 Å². The van der Waals surface area contributed by atoms with Crippen LogP contribution in [0.1, 0.15) is 24.3 Å². The number of halogens is 3. The highest BCUT2D eigenvalue weighted by Gasteiger charge is 2.31. The first kappa shape index (κ1) is 13.5. The fourth-order valence-corrected chi connectivity index (χ4v) is 3.05. The molecule has 1 heterocycles. The van der Waals surface area contributed by atoms with Crippen molar-refractivity contribution in [3.05, 3.63) is 29.8 Å². The highest BCUT2D eigenvalue weighted by molar-refractivity contribution is 8.00. The van der Waals surface area contributed by atoms with Gasteiger partial charge in [0.1, 0.15) is 5.75 Å². The van der Waals surface area contributed by atoms with Crippen LogP contribution < -0.4 is 10.1 Å². The van der Waals surface area contributed by atoms with Gasteiger partial charge in [0, 0.05) is 5.25 Å². The van der Waals surface area contributed by atoms with Gasteiger partial charge in [0.25, 0.3) is 0 Å². The lowest BCUT2D eigenvalue weighted by Crippen LogP contribution is -2.28. The maximum Gasteiger partial charge on any atom is 0.573 e. The van der Waals surface area contributed by atoms with E-state index in [9.17, 15) is 13.2 Å². The summed E-state index contributed by atoms with van der Waals surface area (Å²) in [7, 11) is 0. The van der Waals surface area contributed by atoms with Gasteiger partial charge in [0.05, 0.1) is 5.37 Å². The molecule has 0 bridgehead atoms. The van der Waals surface area contributed by atoms with Crippen LogP contribution in [0, 0.1) is 0 Å². The van der Waals surface area contributed by atoms with Crippen LogP contribution in [0.3, 0.4) is 0 Å². The second kappa shape index (κ2) is 5.40. The molecule has 0 aromatic heterocycles. The van der Waals surface area contributed by atoms with Gasteiger partial charge < -0.3 is 10.1 Å². The second-order valence-corrected chi connectivity index (χ2v) is 5.73. The van der Waals surface area contributed by atoms with Crippen molar-refractivity contribution >= 4 is 11.8 Å². The topological polar surface area (TPSA) is 21.3 Å². The summed E-state index contributed by atoms with van der Waals surface area (Å²) in [6.45, 7) is 3.08. The lowest BCUT2D eigenvalue weighted by Gasteiger charge is -2.28. The third-order valence-corrected chi connectivity index (χ3v) is 4.08. The number of rotatable bonds is 2. The maximum absolute atomic E-state index is 12.0. The van der Waals surface area contributed by atoms with E-state index in [2.05, 4.69) is 17.0 Å². The first-order valence-corrected chi connectivity index (χ1v) is 6.63. The number of nitrogens with one attached hydrogen (secondary N) is 1. The Morgan fingerprint density at radius 3 is 2.50 bits per heavy atom. The van der Waals surface area contributed by atoms with Gasteiger partial charge in [0.15, 0.2) is 0 Å². The van der Waals surface area contributed by atoms with Crippen molar-refractivity contribution in [2.24, 2.45) is 0 Å². The Kier molecular flexibility index (Phi) is 4.07. The minimum absolute atomic E-state index is 0.147. The molecule has 2 unspecified atom stereocenters. The smallest absolute Gasteiger partial charge is 0.406 e. The Bertz CT molecular complexity index is 393. The Morgan fingerprint density at radius 1 is 1.28 bits per heavy atom. The number of benzene rings is 1. The molecule has 1 fully saturated rings. The molecule has 1 aliphatic rings. The van der Waals surface area contributed by atoms with Gasteiger partial charge in [-0.15, -0.1) is 24.9 Å². The van der Waals surface area contributed by atoms with Crippen molar-refractivity contribution in [1.29, 1.82) is 0 Å². The van der Waals surface area contributed by atoms with Crippen molar-refractivity contribution in [3.8, 4) is 5.75 Å². The summed E-state index contributed by atoms with van der Waals surface area (Å²) in [5.41, 5.74) is 0.973. The highest BCUT2D eigenvalue weighted by Crippen LogP contribution is 2.35. The summed E-state index contributed by atoms with van der Waals surface area (Å²) in [4.78, 5) is 0. The van der Waals surface area contributed by atoms with E-state index in [-0.39, 0.29) is 11.1 Å². The van der Waals surface area contributed by atoms with Crippen molar-refractivity contribution in [2.45, 2.75) is 30.3 Å². The lowest BCUT2D eigenvalue weighted by atomic mass is 10.2. The van der Waals surface area contributed by atoms with E-state index in [4.69, 9.17) is 0 Å². The van der Waals surface area contributed by atoms with Gasteiger partial charge in [-0.25, -0.2) is 0 Å². The molecule has 1 aliphatic heterocycles. The molecular weight excluding hydrogens is 263 g/mol. The fourth-order valence-electron chi connectivity index (χ4n) is 1.81. The summed E-state index contributed by atoms with van der Waals surface area (Å²) in [6.07, 6.45) is -3.52. The SMILES string of the molecule is CC1CCNC(c2ccc(OC(F)(F)F)cc2)S1. The van der Waals surface area contributed by atoms with Crippen molar-refractivity contribution in [2.75, 3.05) is 6.54 Å². The van der Waals surface area contributed by atoms with E-state index >= 15 is 0 Å². The zero-order chi connectivity index (χ0) is 13.2. The van der Waals surface area contributed by atoms with Crippen LogP contribution in [-0.2, 0) is 0 Å². The summed E-state index contributed by atoms with van der Waals surface area (Å²) in [5.74, 6) is -0.180. The standard InChI is InChI=1S/C12H14F3NOS/c1-8-6-7-16-11(18-8)9-2-4-10(5-3-9)17-12(13,14)15/h2-5,8,11,16H,6-7H2,1H3. The van der Waals surface area contributed by atoms with Gasteiger partial charge in [-0.05, 0) is 30.7 Å². The first-order valence-electron chi connectivity index (χ1n) is 5.68. The lowest BCUT2D eigenvalue weighted by molar-refractivity contribution is -0.274. The van der Waals surface area contributed by atoms with Gasteiger partial charge in [-0.2, -0.15) is 0 Å². The van der Waals surface area contributed by atoms with Gasteiger partial charge in [-0.3, -0.25) is 0 Å². The van der Waals surface area contributed by atoms with E-state index < -0.39 is 6.36 Å². The van der Waals surface area contributed by atoms with Crippen molar-refractivity contribution in [3.63, 3.8) is 0 Å². The Morgan fingerprint density at radius 2 is 1.94 bits per heavy atom. The first-order chi connectivity index (χ1) is 8.44. The molecule has 2 atom stereocenters. The average Bonchev–Trinajstić information content (AvgIpc) is 2.28. The molecular formula is C12H14F3NOS. The van der Waals surface area contributed by atoms with Gasteiger partial charge in [0.2, 0.25) is 0 Å². The molecule has 0 spiro atoms. The van der Waals surface area contributed by atoms with Crippen molar-refractivity contribution in [1.82, 2.24) is 5.32 Å². The van der Waals surface area contributed by atoms with Gasteiger partial charge >= 0.3 is 6.36 Å². The monoisotopic (exact) mass is 277 g/mol. The highest BCUT2D eigenvalue weighted by atomic mass is 32.2. The largest absolute Gasteiger partial charge is 0.573 e. The molecule has 1 aromatic carbocycles. The van der Waals surface area contributed by atoms with Crippen LogP contribution in [0.4, 0.5) is 13.2 Å². The summed E-state index contributed by atoms with van der Waals surface area (Å²) >= 11 is 1.78. The van der Waals surface area contributed by atoms with E-state index in [1.54, 1.807) is 23.9 Å². The van der Waals surface area contributed by atoms with Crippen LogP contribution in [0.2, 0.25) is 0 Å². The molecule has 1 saturated heterocycles. The maximum atomic E-state index is 12.0. The quantitative estimate of drug-likeness (QED) is 0.890. The van der Waals surface area contributed by atoms with E-state index in [0.717, 1.165) is 18.5 Å². The summed E-state index contributed by atoms with van der Waals surface area (Å²) in [5, 5.41) is 4.04. The molecule has 0 aliphatic carbocycles. The predicted octanol–water partition coefficient (Wildman–Crippen LogP) is 3.70. The Labute approximate surface area is 108 Å². The zero-order valence-electron chi connectivity index (χ0n) is 9.83. The Hall–Kier alpha value is -0.880. The minimum atomic E-state index is -4.63. The molecule has 0 radical (unpaired) electrons. The van der Waals surface area contributed by atoms with Crippen LogP contribution in [0.5, 0.6) is 5.75 Å². The minimum Gasteiger partial charge on any atom is -0.406 e. The molecule has 2 nitrogen and oxygen atoms in total. The number of hydrogen-bond acceptors (Lipinski definition) is 3. The Balaban J connectivity index is 2.03. The predicted molar refractivity (Wildman–Crippen MR) is 65.5 cm³/mol. The average molecular weight is 277 g/mol. The molecule has 0 amide bonds. The number of alkyl halides is 3. The zero-order valence-corrected chi connectivity index (χ0v) is 10.6. The summed E-state index contributed by atoms with van der Waals surface area (Å²) in [6, 6.07) is 6.04. The molecule has 0 saturated carbocycles. The molecule has 18 heavy (non-hydrogen) atoms. The van der Waals surface area contributed by atoms with E-state index in [0.29, 0.717) is 5.25 Å². The van der Waals surface area contributed by atoms with E-state index in [1.807, 2.05) is 0 Å². The third-order valence-electron chi connectivity index (χ3n) is 2.67. The second-order valence-electron chi connectivity index (χ2n) is 4.19. The van der Waals surface area contributed by atoms with Crippen LogP contribution in [-0.4, -0.2) is 18.2 Å². The number of hydrogen-bond donors (Lipinski definition) is 1. The number of ether oxygens (including phenoxy) is 1. The molecule has 1 aromatic rings. The van der Waals surface area contributed by atoms with Crippen LogP contribution >= 0.6 is 11.8 Å². The molecule has 2 rings (SSSR count). The van der Waals surface area contributed by atoms with Gasteiger partial charge in [-0.1, -0.05) is 19.1 Å². The molecule has 100 valence electrons. The number of thioether (sulfide) groups is 1. The fraction of sp³-hybridized carbons (Fsp3) is 0.500. The van der Waals surface area contributed by atoms with Crippen molar-refractivity contribution < 1.29 is 17.9 Å². The summed E-state index contributed by atoms with van der Waals surface area (Å²) < 4.78 is 39.9. The molecule has 1 N–H and O–H groups in total. The van der Waals surface area contributed by atoms with Crippen LogP contribution in [0.25, 0.3) is 0 Å². The third kappa shape index (κ3) is 3.81.